The molecule has 104 valence electrons. The highest BCUT2D eigenvalue weighted by atomic mass is 16.4. The zero-order valence-electron chi connectivity index (χ0n) is 10.2. The van der Waals surface area contributed by atoms with Crippen molar-refractivity contribution in [3.05, 3.63) is 0 Å². The van der Waals surface area contributed by atoms with Crippen molar-refractivity contribution >= 4 is 17.8 Å². The van der Waals surface area contributed by atoms with Gasteiger partial charge in [-0.15, -0.1) is 0 Å². The molecule has 1 aliphatic heterocycles. The predicted molar refractivity (Wildman–Crippen MR) is 64.0 cm³/mol. The second-order valence-corrected chi connectivity index (χ2v) is 4.05. The lowest BCUT2D eigenvalue weighted by Crippen LogP contribution is -2.37. The van der Waals surface area contributed by atoms with Gasteiger partial charge in [-0.25, -0.2) is 9.59 Å². The van der Waals surface area contributed by atoms with E-state index in [1.54, 1.807) is 0 Å². The van der Waals surface area contributed by atoms with Gasteiger partial charge in [0.2, 0.25) is 5.91 Å². The monoisotopic (exact) mass is 260 g/mol. The van der Waals surface area contributed by atoms with E-state index in [1.165, 1.54) is 12.8 Å². The summed E-state index contributed by atoms with van der Waals surface area (Å²) in [6, 6.07) is 0.336. The van der Waals surface area contributed by atoms with Gasteiger partial charge in [0.1, 0.15) is 0 Å². The minimum atomic E-state index is -1.82. The Hall–Kier alpha value is -1.63. The van der Waals surface area contributed by atoms with Gasteiger partial charge in [-0.3, -0.25) is 4.79 Å². The molecule has 0 saturated carbocycles. The van der Waals surface area contributed by atoms with Crippen molar-refractivity contribution in [1.82, 2.24) is 5.32 Å². The Morgan fingerprint density at radius 2 is 1.83 bits per heavy atom. The molecule has 1 aliphatic rings. The fourth-order valence-corrected chi connectivity index (χ4v) is 1.64. The summed E-state index contributed by atoms with van der Waals surface area (Å²) in [5.74, 6) is -3.45. The number of amides is 1. The Morgan fingerprint density at radius 3 is 2.33 bits per heavy atom. The Labute approximate surface area is 105 Å². The molecule has 1 atom stereocenters. The molecule has 18 heavy (non-hydrogen) atoms. The van der Waals surface area contributed by atoms with Crippen LogP contribution < -0.4 is 11.1 Å². The molecule has 7 nitrogen and oxygen atoms in total. The number of carbonyl (C=O) groups excluding carboxylic acids is 1. The summed E-state index contributed by atoms with van der Waals surface area (Å²) in [5, 5.41) is 17.8. The topological polar surface area (TPSA) is 130 Å². The first-order chi connectivity index (χ1) is 8.47. The zero-order valence-corrected chi connectivity index (χ0v) is 10.2. The van der Waals surface area contributed by atoms with Gasteiger partial charge in [0, 0.05) is 12.5 Å². The molecule has 1 unspecified atom stereocenters. The molecule has 1 rings (SSSR count). The van der Waals surface area contributed by atoms with E-state index in [2.05, 4.69) is 5.32 Å². The van der Waals surface area contributed by atoms with Crippen molar-refractivity contribution < 1.29 is 24.6 Å². The summed E-state index contributed by atoms with van der Waals surface area (Å²) in [4.78, 5) is 29.4. The van der Waals surface area contributed by atoms with Crippen LogP contribution in [0.15, 0.2) is 0 Å². The number of nitrogens with one attached hydrogen (secondary N) is 1. The average Bonchev–Trinajstić information content (AvgIpc) is 2.26. The molecular formula is C11H20N2O5. The third-order valence-corrected chi connectivity index (χ3v) is 2.52. The van der Waals surface area contributed by atoms with Crippen LogP contribution in [0.1, 0.15) is 38.5 Å². The smallest absolute Gasteiger partial charge is 0.414 e. The Bertz CT molecular complexity index is 281. The van der Waals surface area contributed by atoms with Gasteiger partial charge >= 0.3 is 11.9 Å². The Balaban J connectivity index is 0.000000411. The van der Waals surface area contributed by atoms with E-state index in [9.17, 15) is 4.79 Å². The summed E-state index contributed by atoms with van der Waals surface area (Å²) < 4.78 is 0. The fraction of sp³-hybridized carbons (Fsp3) is 0.727. The normalized spacial score (nSPS) is 19.6. The van der Waals surface area contributed by atoms with Gasteiger partial charge in [0.25, 0.3) is 0 Å². The highest BCUT2D eigenvalue weighted by Gasteiger charge is 2.13. The maximum atomic E-state index is 11.2. The average molecular weight is 260 g/mol. The fourth-order valence-electron chi connectivity index (χ4n) is 1.64. The summed E-state index contributed by atoms with van der Waals surface area (Å²) in [6.45, 7) is 0.672. The number of nitrogens with two attached hydrogens (primary N) is 1. The summed E-state index contributed by atoms with van der Waals surface area (Å²) in [6.07, 6.45) is 6.18. The number of rotatable bonds is 2. The number of aliphatic carboxylic acids is 2. The number of carbonyl (C=O) groups is 3. The second-order valence-electron chi connectivity index (χ2n) is 4.05. The largest absolute Gasteiger partial charge is 0.473 e. The molecule has 0 aromatic rings. The third-order valence-electron chi connectivity index (χ3n) is 2.52. The summed E-state index contributed by atoms with van der Waals surface area (Å²) in [7, 11) is 0. The lowest BCUT2D eigenvalue weighted by molar-refractivity contribution is -0.159. The number of carboxylic acids is 2. The van der Waals surface area contributed by atoms with Crippen LogP contribution in [0.4, 0.5) is 0 Å². The molecule has 0 radical (unpaired) electrons. The van der Waals surface area contributed by atoms with E-state index >= 15 is 0 Å². The van der Waals surface area contributed by atoms with E-state index in [1.807, 2.05) is 0 Å². The standard InChI is InChI=1S/C9H18N2O.C2H2O4/c10-7-6-8-4-2-1-3-5-9(12)11-8;3-1(4)2(5)6/h8H,1-7,10H2,(H,11,12);(H,3,4)(H,5,6). The minimum absolute atomic E-state index is 0.202. The molecular weight excluding hydrogens is 240 g/mol. The van der Waals surface area contributed by atoms with E-state index in [0.717, 1.165) is 19.3 Å². The van der Waals surface area contributed by atoms with Gasteiger partial charge < -0.3 is 21.3 Å². The molecule has 0 bridgehead atoms. The third kappa shape index (κ3) is 8.51. The summed E-state index contributed by atoms with van der Waals surface area (Å²) in [5.41, 5.74) is 5.44. The van der Waals surface area contributed by atoms with Crippen LogP contribution in [-0.2, 0) is 14.4 Å². The van der Waals surface area contributed by atoms with Crippen LogP contribution in [0.5, 0.6) is 0 Å². The van der Waals surface area contributed by atoms with Crippen molar-refractivity contribution in [2.45, 2.75) is 44.6 Å². The van der Waals surface area contributed by atoms with Gasteiger partial charge in [-0.1, -0.05) is 12.8 Å². The zero-order chi connectivity index (χ0) is 14.0. The van der Waals surface area contributed by atoms with E-state index in [-0.39, 0.29) is 5.91 Å². The molecule has 7 heteroatoms. The molecule has 1 fully saturated rings. The van der Waals surface area contributed by atoms with Gasteiger partial charge in [0.15, 0.2) is 0 Å². The van der Waals surface area contributed by atoms with Crippen molar-refractivity contribution in [1.29, 1.82) is 0 Å². The van der Waals surface area contributed by atoms with Crippen molar-refractivity contribution in [3.63, 3.8) is 0 Å². The van der Waals surface area contributed by atoms with Crippen LogP contribution in [-0.4, -0.2) is 40.6 Å². The first kappa shape index (κ1) is 16.4. The van der Waals surface area contributed by atoms with Crippen LogP contribution in [0.3, 0.4) is 0 Å². The maximum Gasteiger partial charge on any atom is 0.414 e. The molecule has 0 aliphatic carbocycles. The van der Waals surface area contributed by atoms with E-state index in [0.29, 0.717) is 19.0 Å². The quantitative estimate of drug-likeness (QED) is 0.515. The van der Waals surface area contributed by atoms with Crippen molar-refractivity contribution in [2.24, 2.45) is 5.73 Å². The van der Waals surface area contributed by atoms with Gasteiger partial charge in [0.05, 0.1) is 0 Å². The summed E-state index contributed by atoms with van der Waals surface area (Å²) >= 11 is 0. The SMILES string of the molecule is NCCC1CCCCCC(=O)N1.O=C(O)C(=O)O. The van der Waals surface area contributed by atoms with Crippen molar-refractivity contribution in [2.75, 3.05) is 6.54 Å². The van der Waals surface area contributed by atoms with Crippen LogP contribution >= 0.6 is 0 Å². The van der Waals surface area contributed by atoms with Crippen molar-refractivity contribution in [3.8, 4) is 0 Å². The van der Waals surface area contributed by atoms with Gasteiger partial charge in [-0.05, 0) is 25.8 Å². The first-order valence-corrected chi connectivity index (χ1v) is 5.93. The number of hydrogen-bond acceptors (Lipinski definition) is 4. The maximum absolute atomic E-state index is 11.2. The Kier molecular flexibility index (Phi) is 8.55. The molecule has 1 saturated heterocycles. The highest BCUT2D eigenvalue weighted by Crippen LogP contribution is 2.11. The predicted octanol–water partition coefficient (Wildman–Crippen LogP) is -0.0603. The minimum Gasteiger partial charge on any atom is -0.473 e. The molecule has 1 amide bonds. The lowest BCUT2D eigenvalue weighted by Gasteiger charge is -2.20. The van der Waals surface area contributed by atoms with Crippen LogP contribution in [0.2, 0.25) is 0 Å². The first-order valence-electron chi connectivity index (χ1n) is 5.93. The molecule has 0 aromatic heterocycles. The van der Waals surface area contributed by atoms with Crippen LogP contribution in [0, 0.1) is 0 Å². The molecule has 0 spiro atoms. The molecule has 5 N–H and O–H groups in total. The number of carboxylic acid groups (broad SMARTS) is 2. The highest BCUT2D eigenvalue weighted by molar-refractivity contribution is 6.27. The van der Waals surface area contributed by atoms with E-state index < -0.39 is 11.9 Å². The molecule has 1 heterocycles. The van der Waals surface area contributed by atoms with Gasteiger partial charge in [-0.2, -0.15) is 0 Å². The lowest BCUT2D eigenvalue weighted by atomic mass is 10.0. The number of hydrogen-bond donors (Lipinski definition) is 4. The molecule has 0 aromatic carbocycles. The Morgan fingerprint density at radius 1 is 1.22 bits per heavy atom. The van der Waals surface area contributed by atoms with Crippen LogP contribution in [0.25, 0.3) is 0 Å². The second kappa shape index (κ2) is 9.41. The van der Waals surface area contributed by atoms with E-state index in [4.69, 9.17) is 25.5 Å².